The van der Waals surface area contributed by atoms with Crippen molar-refractivity contribution in [3.8, 4) is 11.4 Å². The molecule has 1 aromatic heterocycles. The number of carbonyl (C=O) groups is 1. The summed E-state index contributed by atoms with van der Waals surface area (Å²) in [7, 11) is 0. The van der Waals surface area contributed by atoms with Crippen molar-refractivity contribution < 1.29 is 4.79 Å². The van der Waals surface area contributed by atoms with Crippen LogP contribution in [0.3, 0.4) is 0 Å². The molecule has 0 aliphatic heterocycles. The SMILES string of the molecule is Cc1ccc(-c2n[nH]c(=S)n2CC(=O)Nc2ccc(Sc3ccccc3Cl)cc2)cc1. The normalized spacial score (nSPS) is 10.8. The minimum atomic E-state index is -0.183. The van der Waals surface area contributed by atoms with Gasteiger partial charge >= 0.3 is 0 Å². The van der Waals surface area contributed by atoms with Gasteiger partial charge in [0.05, 0.1) is 5.02 Å². The predicted octanol–water partition coefficient (Wildman–Crippen LogP) is 6.36. The lowest BCUT2D eigenvalue weighted by molar-refractivity contribution is -0.116. The van der Waals surface area contributed by atoms with Crippen molar-refractivity contribution in [3.63, 3.8) is 0 Å². The minimum Gasteiger partial charge on any atom is -0.325 e. The molecule has 0 spiro atoms. The third-order valence-corrected chi connectivity index (χ3v) is 6.41. The van der Waals surface area contributed by atoms with E-state index in [9.17, 15) is 4.79 Å². The largest absolute Gasteiger partial charge is 0.325 e. The first kappa shape index (κ1) is 21.4. The van der Waals surface area contributed by atoms with Gasteiger partial charge in [-0.25, -0.2) is 0 Å². The maximum Gasteiger partial charge on any atom is 0.244 e. The average molecular weight is 467 g/mol. The van der Waals surface area contributed by atoms with Gasteiger partial charge < -0.3 is 5.32 Å². The molecule has 0 saturated heterocycles. The molecule has 31 heavy (non-hydrogen) atoms. The molecule has 1 heterocycles. The summed E-state index contributed by atoms with van der Waals surface area (Å²) < 4.78 is 2.09. The second kappa shape index (κ2) is 9.51. The van der Waals surface area contributed by atoms with Crippen LogP contribution in [0.2, 0.25) is 5.02 Å². The summed E-state index contributed by atoms with van der Waals surface area (Å²) in [6.07, 6.45) is 0. The Kier molecular flexibility index (Phi) is 6.56. The van der Waals surface area contributed by atoms with Crippen LogP contribution >= 0.6 is 35.6 Å². The Morgan fingerprint density at radius 1 is 1.10 bits per heavy atom. The number of halogens is 1. The Bertz CT molecular complexity index is 1260. The van der Waals surface area contributed by atoms with E-state index in [2.05, 4.69) is 15.5 Å². The van der Waals surface area contributed by atoms with Crippen LogP contribution in [-0.2, 0) is 11.3 Å². The predicted molar refractivity (Wildman–Crippen MR) is 128 cm³/mol. The number of aryl methyl sites for hydroxylation is 1. The van der Waals surface area contributed by atoms with Gasteiger partial charge in [-0.05, 0) is 55.5 Å². The van der Waals surface area contributed by atoms with Crippen LogP contribution in [0.1, 0.15) is 5.56 Å². The summed E-state index contributed by atoms with van der Waals surface area (Å²) in [4.78, 5) is 14.7. The third-order valence-electron chi connectivity index (χ3n) is 4.57. The summed E-state index contributed by atoms with van der Waals surface area (Å²) in [5, 5.41) is 10.7. The molecular formula is C23H19ClN4OS2. The molecule has 0 radical (unpaired) electrons. The van der Waals surface area contributed by atoms with Crippen molar-refractivity contribution in [2.24, 2.45) is 0 Å². The zero-order chi connectivity index (χ0) is 21.8. The first-order valence-corrected chi connectivity index (χ1v) is 11.1. The van der Waals surface area contributed by atoms with Crippen molar-refractivity contribution in [1.29, 1.82) is 0 Å². The number of aromatic amines is 1. The lowest BCUT2D eigenvalue weighted by atomic mass is 10.1. The first-order valence-electron chi connectivity index (χ1n) is 9.54. The van der Waals surface area contributed by atoms with Gasteiger partial charge in [0.15, 0.2) is 10.6 Å². The third kappa shape index (κ3) is 5.25. The molecule has 2 N–H and O–H groups in total. The highest BCUT2D eigenvalue weighted by Crippen LogP contribution is 2.33. The second-order valence-corrected chi connectivity index (χ2v) is 8.82. The maximum atomic E-state index is 12.6. The summed E-state index contributed by atoms with van der Waals surface area (Å²) in [5.74, 6) is 0.448. The molecular weight excluding hydrogens is 448 g/mol. The highest BCUT2D eigenvalue weighted by molar-refractivity contribution is 7.99. The summed E-state index contributed by atoms with van der Waals surface area (Å²) in [6.45, 7) is 2.08. The maximum absolute atomic E-state index is 12.6. The van der Waals surface area contributed by atoms with Gasteiger partial charge in [0.25, 0.3) is 0 Å². The molecule has 0 unspecified atom stereocenters. The Morgan fingerprint density at radius 3 is 2.52 bits per heavy atom. The van der Waals surface area contributed by atoms with Crippen LogP contribution in [0.15, 0.2) is 82.6 Å². The van der Waals surface area contributed by atoms with Crippen molar-refractivity contribution >= 4 is 47.2 Å². The zero-order valence-corrected chi connectivity index (χ0v) is 19.0. The van der Waals surface area contributed by atoms with Gasteiger partial charge in [-0.15, -0.1) is 0 Å². The van der Waals surface area contributed by atoms with E-state index in [0.29, 0.717) is 21.3 Å². The van der Waals surface area contributed by atoms with Gasteiger partial charge in [0.1, 0.15) is 6.54 Å². The molecule has 0 aliphatic carbocycles. The monoisotopic (exact) mass is 466 g/mol. The number of nitrogens with zero attached hydrogens (tertiary/aromatic N) is 2. The smallest absolute Gasteiger partial charge is 0.244 e. The van der Waals surface area contributed by atoms with Gasteiger partial charge in [-0.2, -0.15) is 5.10 Å². The first-order chi connectivity index (χ1) is 15.0. The number of H-pyrrole nitrogens is 1. The molecule has 0 bridgehead atoms. The van der Waals surface area contributed by atoms with Crippen LogP contribution in [-0.4, -0.2) is 20.7 Å². The number of carbonyl (C=O) groups excluding carboxylic acids is 1. The van der Waals surface area contributed by atoms with Crippen LogP contribution < -0.4 is 5.32 Å². The van der Waals surface area contributed by atoms with Gasteiger partial charge in [-0.3, -0.25) is 14.5 Å². The molecule has 5 nitrogen and oxygen atoms in total. The molecule has 3 aromatic carbocycles. The molecule has 0 saturated carbocycles. The van der Waals surface area contributed by atoms with Crippen LogP contribution in [0.4, 0.5) is 5.69 Å². The van der Waals surface area contributed by atoms with E-state index in [-0.39, 0.29) is 12.5 Å². The number of hydrogen-bond acceptors (Lipinski definition) is 4. The highest BCUT2D eigenvalue weighted by atomic mass is 35.5. The number of anilines is 1. The fraction of sp³-hybridized carbons (Fsp3) is 0.0870. The summed E-state index contributed by atoms with van der Waals surface area (Å²) in [6, 6.07) is 23.3. The Labute approximate surface area is 194 Å². The minimum absolute atomic E-state index is 0.0642. The average Bonchev–Trinajstić information content (AvgIpc) is 3.12. The fourth-order valence-corrected chi connectivity index (χ4v) is 4.28. The molecule has 0 atom stereocenters. The Balaban J connectivity index is 1.44. The zero-order valence-electron chi connectivity index (χ0n) is 16.6. The fourth-order valence-electron chi connectivity index (χ4n) is 2.99. The van der Waals surface area contributed by atoms with Crippen molar-refractivity contribution in [1.82, 2.24) is 14.8 Å². The van der Waals surface area contributed by atoms with E-state index in [4.69, 9.17) is 23.8 Å². The van der Waals surface area contributed by atoms with E-state index in [1.165, 1.54) is 0 Å². The van der Waals surface area contributed by atoms with E-state index in [1.54, 1.807) is 16.3 Å². The Morgan fingerprint density at radius 2 is 1.81 bits per heavy atom. The number of nitrogens with one attached hydrogen (secondary N) is 2. The lowest BCUT2D eigenvalue weighted by Gasteiger charge is -2.09. The molecule has 0 aliphatic rings. The molecule has 8 heteroatoms. The van der Waals surface area contributed by atoms with Crippen LogP contribution in [0, 0.1) is 11.7 Å². The van der Waals surface area contributed by atoms with Crippen LogP contribution in [0.5, 0.6) is 0 Å². The lowest BCUT2D eigenvalue weighted by Crippen LogP contribution is -2.19. The van der Waals surface area contributed by atoms with Gasteiger partial charge in [-0.1, -0.05) is 65.3 Å². The second-order valence-electron chi connectivity index (χ2n) is 6.91. The quantitative estimate of drug-likeness (QED) is 0.324. The Hall–Kier alpha value is -2.87. The van der Waals surface area contributed by atoms with Crippen LogP contribution in [0.25, 0.3) is 11.4 Å². The topological polar surface area (TPSA) is 62.7 Å². The number of aromatic nitrogens is 3. The van der Waals surface area contributed by atoms with Crippen molar-refractivity contribution in [2.45, 2.75) is 23.3 Å². The standard InChI is InChI=1S/C23H19ClN4OS2/c1-15-6-8-16(9-7-15)22-26-27-23(30)28(22)14-21(29)25-17-10-12-18(13-11-17)31-20-5-3-2-4-19(20)24/h2-13H,14H2,1H3,(H,25,29)(H,27,30). The highest BCUT2D eigenvalue weighted by Gasteiger charge is 2.13. The van der Waals surface area contributed by atoms with Crippen molar-refractivity contribution in [3.05, 3.63) is 88.2 Å². The van der Waals surface area contributed by atoms with E-state index in [0.717, 1.165) is 20.9 Å². The summed E-state index contributed by atoms with van der Waals surface area (Å²) >= 11 is 13.1. The van der Waals surface area contributed by atoms with Gasteiger partial charge in [0, 0.05) is 21.0 Å². The summed E-state index contributed by atoms with van der Waals surface area (Å²) in [5.41, 5.74) is 2.76. The van der Waals surface area contributed by atoms with Gasteiger partial charge in [0.2, 0.25) is 5.91 Å². The van der Waals surface area contributed by atoms with E-state index in [1.807, 2.05) is 79.7 Å². The molecule has 156 valence electrons. The molecule has 4 rings (SSSR count). The molecule has 4 aromatic rings. The van der Waals surface area contributed by atoms with E-state index < -0.39 is 0 Å². The molecule has 1 amide bonds. The molecule has 0 fully saturated rings. The number of benzene rings is 3. The number of rotatable bonds is 6. The van der Waals surface area contributed by atoms with Crippen molar-refractivity contribution in [2.75, 3.05) is 5.32 Å². The number of amides is 1. The number of hydrogen-bond donors (Lipinski definition) is 2. The van der Waals surface area contributed by atoms with E-state index >= 15 is 0 Å².